The van der Waals surface area contributed by atoms with E-state index in [1.807, 2.05) is 13.8 Å². The van der Waals surface area contributed by atoms with Crippen molar-refractivity contribution in [3.05, 3.63) is 18.0 Å². The lowest BCUT2D eigenvalue weighted by Gasteiger charge is -2.37. The molecule has 0 amide bonds. The molecule has 2 heterocycles. The quantitative estimate of drug-likeness (QED) is 0.921. The van der Waals surface area contributed by atoms with Gasteiger partial charge in [0.1, 0.15) is 10.6 Å². The van der Waals surface area contributed by atoms with Crippen molar-refractivity contribution >= 4 is 16.0 Å². The van der Waals surface area contributed by atoms with Gasteiger partial charge in [-0.2, -0.15) is 4.31 Å². The second kappa shape index (κ2) is 5.21. The van der Waals surface area contributed by atoms with E-state index in [1.54, 1.807) is 0 Å². The zero-order valence-corrected chi connectivity index (χ0v) is 12.7. The van der Waals surface area contributed by atoms with Gasteiger partial charge in [-0.15, -0.1) is 0 Å². The van der Waals surface area contributed by atoms with Crippen LogP contribution in [0.2, 0.25) is 0 Å². The average Bonchev–Trinajstić information content (AvgIpc) is 2.71. The van der Waals surface area contributed by atoms with Crippen LogP contribution in [0.25, 0.3) is 0 Å². The van der Waals surface area contributed by atoms with Crippen LogP contribution in [0.1, 0.15) is 43.6 Å². The number of piperidine rings is 1. The van der Waals surface area contributed by atoms with Crippen LogP contribution >= 0.6 is 0 Å². The molecule has 1 N–H and O–H groups in total. The molecule has 1 aromatic heterocycles. The van der Waals surface area contributed by atoms with Crippen LogP contribution in [0.5, 0.6) is 0 Å². The van der Waals surface area contributed by atoms with Crippen molar-refractivity contribution in [3.63, 3.8) is 0 Å². The van der Waals surface area contributed by atoms with Gasteiger partial charge in [0.25, 0.3) is 0 Å². The molecule has 1 fully saturated rings. The molecular weight excluding hydrogens is 280 g/mol. The fraction of sp³-hybridized carbons (Fsp3) is 0.615. The summed E-state index contributed by atoms with van der Waals surface area (Å²) in [6.45, 7) is 3.79. The molecular formula is C13H20N2O4S. The van der Waals surface area contributed by atoms with E-state index in [-0.39, 0.29) is 22.7 Å². The average molecular weight is 300 g/mol. The van der Waals surface area contributed by atoms with Crippen LogP contribution < -0.4 is 0 Å². The Morgan fingerprint density at radius 1 is 1.30 bits per heavy atom. The van der Waals surface area contributed by atoms with Crippen molar-refractivity contribution in [3.8, 4) is 0 Å². The molecule has 0 spiro atoms. The van der Waals surface area contributed by atoms with Crippen molar-refractivity contribution in [2.75, 3.05) is 0 Å². The fourth-order valence-electron chi connectivity index (χ4n) is 2.88. The van der Waals surface area contributed by atoms with E-state index in [1.165, 1.54) is 28.2 Å². The zero-order valence-electron chi connectivity index (χ0n) is 11.9. The minimum absolute atomic E-state index is 0.0270. The first-order valence-electron chi connectivity index (χ1n) is 6.68. The van der Waals surface area contributed by atoms with Crippen LogP contribution in [0, 0.1) is 0 Å². The standard InChI is InChI=1S/C13H20N2O4S/c1-9-5-4-6-10(2)15(9)20(18,19)11-7-12(13(16)17)14(3)8-11/h7-10H,4-6H2,1-3H3,(H,16,17). The Labute approximate surface area is 119 Å². The number of aryl methyl sites for hydroxylation is 1. The van der Waals surface area contributed by atoms with Crippen LogP contribution in [-0.4, -0.2) is 40.4 Å². The summed E-state index contributed by atoms with van der Waals surface area (Å²) in [5.41, 5.74) is -0.0270. The van der Waals surface area contributed by atoms with Gasteiger partial charge in [-0.1, -0.05) is 6.42 Å². The van der Waals surface area contributed by atoms with Crippen molar-refractivity contribution in [2.24, 2.45) is 7.05 Å². The molecule has 0 saturated carbocycles. The number of hydrogen-bond donors (Lipinski definition) is 1. The summed E-state index contributed by atoms with van der Waals surface area (Å²) < 4.78 is 28.3. The number of sulfonamides is 1. The Morgan fingerprint density at radius 2 is 1.85 bits per heavy atom. The summed E-state index contributed by atoms with van der Waals surface area (Å²) in [6, 6.07) is 1.11. The number of aromatic carboxylic acids is 1. The highest BCUT2D eigenvalue weighted by molar-refractivity contribution is 7.89. The molecule has 2 rings (SSSR count). The van der Waals surface area contributed by atoms with E-state index in [0.29, 0.717) is 0 Å². The first kappa shape index (κ1) is 15.1. The van der Waals surface area contributed by atoms with Gasteiger partial charge in [-0.3, -0.25) is 0 Å². The Bertz CT molecular complexity index is 610. The molecule has 0 radical (unpaired) electrons. The van der Waals surface area contributed by atoms with Crippen molar-refractivity contribution in [2.45, 2.75) is 50.1 Å². The largest absolute Gasteiger partial charge is 0.477 e. The predicted molar refractivity (Wildman–Crippen MR) is 74.2 cm³/mol. The Kier molecular flexibility index (Phi) is 3.93. The molecule has 1 aliphatic rings. The maximum atomic E-state index is 12.7. The van der Waals surface area contributed by atoms with E-state index in [0.717, 1.165) is 19.3 Å². The lowest BCUT2D eigenvalue weighted by Crippen LogP contribution is -2.47. The van der Waals surface area contributed by atoms with Crippen molar-refractivity contribution < 1.29 is 18.3 Å². The molecule has 0 bridgehead atoms. The minimum atomic E-state index is -3.65. The number of rotatable bonds is 3. The molecule has 0 aromatic carbocycles. The molecule has 1 aliphatic heterocycles. The monoisotopic (exact) mass is 300 g/mol. The number of carboxylic acid groups (broad SMARTS) is 1. The first-order valence-corrected chi connectivity index (χ1v) is 8.12. The summed E-state index contributed by atoms with van der Waals surface area (Å²) in [5.74, 6) is -1.13. The van der Waals surface area contributed by atoms with E-state index in [9.17, 15) is 13.2 Å². The maximum absolute atomic E-state index is 12.7. The molecule has 1 aromatic rings. The third-order valence-corrected chi connectivity index (χ3v) is 5.98. The number of carbonyl (C=O) groups is 1. The summed E-state index contributed by atoms with van der Waals surface area (Å²) in [6.07, 6.45) is 4.06. The number of carboxylic acids is 1. The van der Waals surface area contributed by atoms with E-state index >= 15 is 0 Å². The summed E-state index contributed by atoms with van der Waals surface area (Å²) in [7, 11) is -2.11. The van der Waals surface area contributed by atoms with Crippen LogP contribution in [-0.2, 0) is 17.1 Å². The highest BCUT2D eigenvalue weighted by atomic mass is 32.2. The number of hydrogen-bond acceptors (Lipinski definition) is 3. The lowest BCUT2D eigenvalue weighted by molar-refractivity contribution is 0.0686. The van der Waals surface area contributed by atoms with Gasteiger partial charge in [0.2, 0.25) is 10.0 Å². The van der Waals surface area contributed by atoms with Crippen molar-refractivity contribution in [1.82, 2.24) is 8.87 Å². The molecule has 6 nitrogen and oxygen atoms in total. The summed E-state index contributed by atoms with van der Waals surface area (Å²) in [5, 5.41) is 9.03. The van der Waals surface area contributed by atoms with Crippen LogP contribution in [0.15, 0.2) is 17.2 Å². The molecule has 20 heavy (non-hydrogen) atoms. The maximum Gasteiger partial charge on any atom is 0.352 e. The van der Waals surface area contributed by atoms with Gasteiger partial charge in [-0.05, 0) is 32.8 Å². The second-order valence-corrected chi connectivity index (χ2v) is 7.28. The van der Waals surface area contributed by atoms with Crippen molar-refractivity contribution in [1.29, 1.82) is 0 Å². The third-order valence-electron chi connectivity index (χ3n) is 3.89. The Balaban J connectivity index is 2.44. The molecule has 7 heteroatoms. The second-order valence-electron chi connectivity index (χ2n) is 5.44. The zero-order chi connectivity index (χ0) is 15.1. The predicted octanol–water partition coefficient (Wildman–Crippen LogP) is 1.67. The first-order chi connectivity index (χ1) is 9.25. The molecule has 2 unspecified atom stereocenters. The normalized spacial score (nSPS) is 24.8. The summed E-state index contributed by atoms with van der Waals surface area (Å²) in [4.78, 5) is 11.1. The van der Waals surface area contributed by atoms with Gasteiger partial charge in [0.15, 0.2) is 0 Å². The van der Waals surface area contributed by atoms with E-state index in [2.05, 4.69) is 0 Å². The van der Waals surface area contributed by atoms with Gasteiger partial charge < -0.3 is 9.67 Å². The molecule has 112 valence electrons. The summed E-state index contributed by atoms with van der Waals surface area (Å²) >= 11 is 0. The van der Waals surface area contributed by atoms with Crippen LogP contribution in [0.3, 0.4) is 0 Å². The lowest BCUT2D eigenvalue weighted by atomic mass is 10.0. The van der Waals surface area contributed by atoms with E-state index < -0.39 is 16.0 Å². The Hall–Kier alpha value is -1.34. The third kappa shape index (κ3) is 2.47. The SMILES string of the molecule is CC1CCCC(C)N1S(=O)(=O)c1cc(C(=O)O)n(C)c1. The smallest absolute Gasteiger partial charge is 0.352 e. The van der Waals surface area contributed by atoms with E-state index in [4.69, 9.17) is 5.11 Å². The Morgan fingerprint density at radius 3 is 2.30 bits per heavy atom. The topological polar surface area (TPSA) is 79.6 Å². The number of nitrogens with zero attached hydrogens (tertiary/aromatic N) is 2. The highest BCUT2D eigenvalue weighted by Gasteiger charge is 2.36. The molecule has 2 atom stereocenters. The van der Waals surface area contributed by atoms with Gasteiger partial charge in [0, 0.05) is 25.3 Å². The van der Waals surface area contributed by atoms with Gasteiger partial charge >= 0.3 is 5.97 Å². The molecule has 0 aliphatic carbocycles. The fourth-order valence-corrected chi connectivity index (χ4v) is 4.83. The van der Waals surface area contributed by atoms with Gasteiger partial charge in [-0.25, -0.2) is 13.2 Å². The molecule has 1 saturated heterocycles. The van der Waals surface area contributed by atoms with Gasteiger partial charge in [0.05, 0.1) is 0 Å². The minimum Gasteiger partial charge on any atom is -0.477 e. The van der Waals surface area contributed by atoms with Crippen LogP contribution in [0.4, 0.5) is 0 Å². The highest BCUT2D eigenvalue weighted by Crippen LogP contribution is 2.30. The number of aromatic nitrogens is 1.